The fourth-order valence-corrected chi connectivity index (χ4v) is 5.66. The van der Waals surface area contributed by atoms with Crippen molar-refractivity contribution < 1.29 is 19.5 Å². The van der Waals surface area contributed by atoms with E-state index in [0.29, 0.717) is 31.4 Å². The Bertz CT molecular complexity index is 740. The van der Waals surface area contributed by atoms with Crippen LogP contribution in [0.3, 0.4) is 0 Å². The Balaban J connectivity index is 1.70. The third kappa shape index (κ3) is 5.28. The largest absolute Gasteiger partial charge is 0.480 e. The molecule has 2 atom stereocenters. The zero-order valence-electron chi connectivity index (χ0n) is 16.6. The summed E-state index contributed by atoms with van der Waals surface area (Å²) in [5.41, 5.74) is 0.139. The minimum absolute atomic E-state index is 0.140. The highest BCUT2D eigenvalue weighted by molar-refractivity contribution is 8.01. The van der Waals surface area contributed by atoms with Crippen LogP contribution >= 0.6 is 23.5 Å². The number of carboxylic acids is 1. The van der Waals surface area contributed by atoms with Gasteiger partial charge in [0.15, 0.2) is 0 Å². The van der Waals surface area contributed by atoms with Crippen LogP contribution in [0.2, 0.25) is 0 Å². The first-order valence-corrected chi connectivity index (χ1v) is 12.3. The van der Waals surface area contributed by atoms with Crippen molar-refractivity contribution >= 4 is 41.3 Å². The lowest BCUT2D eigenvalue weighted by molar-refractivity contribution is -0.144. The van der Waals surface area contributed by atoms with Crippen LogP contribution in [0.5, 0.6) is 0 Å². The van der Waals surface area contributed by atoms with Crippen molar-refractivity contribution in [1.82, 2.24) is 10.6 Å². The number of amides is 2. The van der Waals surface area contributed by atoms with E-state index in [1.165, 1.54) is 11.8 Å². The van der Waals surface area contributed by atoms with Crippen molar-refractivity contribution in [3.8, 4) is 0 Å². The Morgan fingerprint density at radius 1 is 1.24 bits per heavy atom. The molecule has 0 spiro atoms. The Kier molecular flexibility index (Phi) is 7.51. The van der Waals surface area contributed by atoms with Crippen LogP contribution in [0.1, 0.15) is 44.1 Å². The number of carbonyl (C=O) groups excluding carboxylic acids is 2. The molecule has 2 aliphatic rings. The molecule has 1 aromatic carbocycles. The quantitative estimate of drug-likeness (QED) is 0.580. The molecule has 6 nitrogen and oxygen atoms in total. The number of hydrogen-bond acceptors (Lipinski definition) is 5. The first kappa shape index (κ1) is 22.0. The van der Waals surface area contributed by atoms with Gasteiger partial charge < -0.3 is 15.7 Å². The predicted octanol–water partition coefficient (Wildman–Crippen LogP) is 2.85. The van der Waals surface area contributed by atoms with Gasteiger partial charge in [0, 0.05) is 4.90 Å². The third-order valence-corrected chi connectivity index (χ3v) is 7.62. The predicted molar refractivity (Wildman–Crippen MR) is 116 cm³/mol. The Morgan fingerprint density at radius 3 is 2.62 bits per heavy atom. The summed E-state index contributed by atoms with van der Waals surface area (Å²) < 4.78 is 0. The monoisotopic (exact) mass is 436 g/mol. The summed E-state index contributed by atoms with van der Waals surface area (Å²) in [5, 5.41) is 15.0. The second-order valence-electron chi connectivity index (χ2n) is 7.70. The van der Waals surface area contributed by atoms with E-state index in [1.54, 1.807) is 11.8 Å². The molecule has 0 bridgehead atoms. The number of thioether (sulfide) groups is 2. The molecule has 1 aromatic rings. The summed E-state index contributed by atoms with van der Waals surface area (Å²) in [6.45, 7) is 0. The zero-order valence-corrected chi connectivity index (χ0v) is 18.2. The van der Waals surface area contributed by atoms with Crippen molar-refractivity contribution in [1.29, 1.82) is 0 Å². The van der Waals surface area contributed by atoms with Crippen LogP contribution in [-0.4, -0.2) is 51.7 Å². The van der Waals surface area contributed by atoms with Gasteiger partial charge >= 0.3 is 5.97 Å². The molecule has 2 amide bonds. The van der Waals surface area contributed by atoms with E-state index in [9.17, 15) is 19.5 Å². The maximum Gasteiger partial charge on any atom is 0.326 e. The van der Waals surface area contributed by atoms with Crippen LogP contribution in [0.15, 0.2) is 29.2 Å². The molecule has 1 saturated carbocycles. The highest BCUT2D eigenvalue weighted by atomic mass is 32.2. The standard InChI is InChI=1S/C21H28N2O4S2/c1-28-12-9-15(19(25)26)22-20(27)21(10-5-2-6-11-21)23-18(24)17-13-14-7-3-4-8-16(14)29-17/h3-4,7-8,15,17H,2,5-6,9-13H2,1H3,(H,22,27)(H,23,24)(H,25,26)/t15-,17?/m0/s1. The normalized spacial score (nSPS) is 21.1. The number of nitrogens with one attached hydrogen (secondary N) is 2. The van der Waals surface area contributed by atoms with E-state index < -0.39 is 17.6 Å². The summed E-state index contributed by atoms with van der Waals surface area (Å²) >= 11 is 3.08. The number of carbonyl (C=O) groups is 3. The van der Waals surface area contributed by atoms with E-state index in [4.69, 9.17) is 0 Å². The lowest BCUT2D eigenvalue weighted by atomic mass is 9.80. The van der Waals surface area contributed by atoms with Gasteiger partial charge in [-0.15, -0.1) is 11.8 Å². The van der Waals surface area contributed by atoms with Gasteiger partial charge in [-0.1, -0.05) is 37.5 Å². The number of benzene rings is 1. The topological polar surface area (TPSA) is 95.5 Å². The third-order valence-electron chi connectivity index (χ3n) is 5.66. The smallest absolute Gasteiger partial charge is 0.326 e. The molecule has 0 aromatic heterocycles. The molecule has 0 saturated heterocycles. The van der Waals surface area contributed by atoms with Crippen molar-refractivity contribution in [2.24, 2.45) is 0 Å². The molecule has 1 unspecified atom stereocenters. The number of hydrogen-bond donors (Lipinski definition) is 3. The van der Waals surface area contributed by atoms with E-state index >= 15 is 0 Å². The van der Waals surface area contributed by atoms with Crippen LogP contribution in [0.25, 0.3) is 0 Å². The molecule has 158 valence electrons. The molecule has 3 N–H and O–H groups in total. The Labute approximate surface area is 180 Å². The lowest BCUT2D eigenvalue weighted by Gasteiger charge is -2.38. The van der Waals surface area contributed by atoms with Gasteiger partial charge in [0.25, 0.3) is 0 Å². The fraction of sp³-hybridized carbons (Fsp3) is 0.571. The van der Waals surface area contributed by atoms with E-state index in [2.05, 4.69) is 10.6 Å². The van der Waals surface area contributed by atoms with Gasteiger partial charge in [0.1, 0.15) is 11.6 Å². The van der Waals surface area contributed by atoms with Crippen molar-refractivity contribution in [3.63, 3.8) is 0 Å². The minimum Gasteiger partial charge on any atom is -0.480 e. The maximum absolute atomic E-state index is 13.2. The lowest BCUT2D eigenvalue weighted by Crippen LogP contribution is -2.63. The number of rotatable bonds is 8. The van der Waals surface area contributed by atoms with Crippen LogP contribution in [-0.2, 0) is 20.8 Å². The molecular weight excluding hydrogens is 408 g/mol. The Morgan fingerprint density at radius 2 is 1.97 bits per heavy atom. The highest BCUT2D eigenvalue weighted by Crippen LogP contribution is 2.38. The van der Waals surface area contributed by atoms with Gasteiger partial charge in [-0.25, -0.2) is 4.79 Å². The van der Waals surface area contributed by atoms with Crippen molar-refractivity contribution in [2.75, 3.05) is 12.0 Å². The minimum atomic E-state index is -1.04. The summed E-state index contributed by atoms with van der Waals surface area (Å²) in [5.74, 6) is -0.890. The molecule has 0 radical (unpaired) electrons. The molecular formula is C21H28N2O4S2. The molecule has 3 rings (SSSR count). The average molecular weight is 437 g/mol. The first-order valence-electron chi connectivity index (χ1n) is 10.0. The van der Waals surface area contributed by atoms with Crippen LogP contribution < -0.4 is 10.6 Å². The second kappa shape index (κ2) is 9.89. The van der Waals surface area contributed by atoms with Gasteiger partial charge in [-0.2, -0.15) is 11.8 Å². The van der Waals surface area contributed by atoms with Gasteiger partial charge in [-0.3, -0.25) is 9.59 Å². The van der Waals surface area contributed by atoms with Crippen molar-refractivity contribution in [3.05, 3.63) is 29.8 Å². The van der Waals surface area contributed by atoms with Crippen LogP contribution in [0.4, 0.5) is 0 Å². The molecule has 1 fully saturated rings. The number of carboxylic acid groups (broad SMARTS) is 1. The van der Waals surface area contributed by atoms with E-state index in [-0.39, 0.29) is 17.1 Å². The molecule has 1 aliphatic heterocycles. The molecule has 8 heteroatoms. The molecule has 29 heavy (non-hydrogen) atoms. The molecule has 1 heterocycles. The van der Waals surface area contributed by atoms with E-state index in [1.807, 2.05) is 30.5 Å². The summed E-state index contributed by atoms with van der Waals surface area (Å²) in [6, 6.07) is 7.04. The fourth-order valence-electron chi connectivity index (χ4n) is 4.00. The van der Waals surface area contributed by atoms with E-state index in [0.717, 1.165) is 29.7 Å². The summed E-state index contributed by atoms with van der Waals surface area (Å²) in [7, 11) is 0. The summed E-state index contributed by atoms with van der Waals surface area (Å²) in [6.07, 6.45) is 6.70. The van der Waals surface area contributed by atoms with Gasteiger partial charge in [0.05, 0.1) is 5.25 Å². The average Bonchev–Trinajstić information content (AvgIpc) is 3.16. The maximum atomic E-state index is 13.2. The molecule has 1 aliphatic carbocycles. The zero-order chi connectivity index (χ0) is 20.9. The SMILES string of the molecule is CSCC[C@H](NC(=O)C1(NC(=O)C2Cc3ccccc3S2)CCCCC1)C(=O)O. The van der Waals surface area contributed by atoms with Crippen molar-refractivity contribution in [2.45, 2.75) is 66.7 Å². The van der Waals surface area contributed by atoms with Gasteiger partial charge in [-0.05, 0) is 49.3 Å². The Hall–Kier alpha value is -1.67. The highest BCUT2D eigenvalue weighted by Gasteiger charge is 2.44. The number of fused-ring (bicyclic) bond motifs is 1. The van der Waals surface area contributed by atoms with Crippen LogP contribution in [0, 0.1) is 0 Å². The first-order chi connectivity index (χ1) is 13.9. The number of aliphatic carboxylic acids is 1. The second-order valence-corrected chi connectivity index (χ2v) is 9.93. The summed E-state index contributed by atoms with van der Waals surface area (Å²) in [4.78, 5) is 38.9. The van der Waals surface area contributed by atoms with Gasteiger partial charge in [0.2, 0.25) is 11.8 Å².